The Hall–Kier alpha value is -0.120. The third kappa shape index (κ3) is 4.71. The van der Waals surface area contributed by atoms with E-state index in [1.807, 2.05) is 0 Å². The standard InChI is InChI=1S/C17H37N3/c1-8-17(2,3)14-9-10-15(18-4)16(13-14)20(7)12-11-19(5)6/h14-16,18H,8-13H2,1-7H3. The van der Waals surface area contributed by atoms with Crippen LogP contribution in [-0.4, -0.2) is 63.2 Å². The van der Waals surface area contributed by atoms with Gasteiger partial charge in [0.25, 0.3) is 0 Å². The fourth-order valence-corrected chi connectivity index (χ4v) is 3.49. The van der Waals surface area contributed by atoms with Crippen molar-refractivity contribution in [3.8, 4) is 0 Å². The second kappa shape index (κ2) is 7.77. The second-order valence-corrected chi connectivity index (χ2v) is 7.60. The first kappa shape index (κ1) is 17.9. The van der Waals surface area contributed by atoms with Gasteiger partial charge in [-0.15, -0.1) is 0 Å². The van der Waals surface area contributed by atoms with E-state index in [0.717, 1.165) is 19.0 Å². The lowest BCUT2D eigenvalue weighted by Crippen LogP contribution is -2.53. The third-order valence-corrected chi connectivity index (χ3v) is 5.67. The van der Waals surface area contributed by atoms with E-state index in [1.54, 1.807) is 0 Å². The highest BCUT2D eigenvalue weighted by molar-refractivity contribution is 4.93. The van der Waals surface area contributed by atoms with Gasteiger partial charge >= 0.3 is 0 Å². The van der Waals surface area contributed by atoms with Crippen LogP contribution in [0.4, 0.5) is 0 Å². The van der Waals surface area contributed by atoms with Gasteiger partial charge in [-0.1, -0.05) is 27.2 Å². The fraction of sp³-hybridized carbons (Fsp3) is 1.00. The molecule has 1 fully saturated rings. The van der Waals surface area contributed by atoms with Gasteiger partial charge in [-0.25, -0.2) is 0 Å². The molecule has 0 saturated heterocycles. The molecule has 0 heterocycles. The molecule has 1 aliphatic carbocycles. The fourth-order valence-electron chi connectivity index (χ4n) is 3.49. The zero-order chi connectivity index (χ0) is 15.3. The second-order valence-electron chi connectivity index (χ2n) is 7.60. The Morgan fingerprint density at radius 1 is 1.10 bits per heavy atom. The Kier molecular flexibility index (Phi) is 6.96. The molecule has 1 N–H and O–H groups in total. The van der Waals surface area contributed by atoms with E-state index >= 15 is 0 Å². The molecule has 0 aliphatic heterocycles. The highest BCUT2D eigenvalue weighted by Crippen LogP contribution is 2.41. The van der Waals surface area contributed by atoms with Crippen LogP contribution in [0.5, 0.6) is 0 Å². The molecule has 0 radical (unpaired) electrons. The SMILES string of the molecule is CCC(C)(C)C1CCC(NC)C(N(C)CCN(C)C)C1. The third-order valence-electron chi connectivity index (χ3n) is 5.67. The maximum absolute atomic E-state index is 3.56. The van der Waals surface area contributed by atoms with Crippen molar-refractivity contribution in [3.05, 3.63) is 0 Å². The summed E-state index contributed by atoms with van der Waals surface area (Å²) < 4.78 is 0. The summed E-state index contributed by atoms with van der Waals surface area (Å²) in [5.74, 6) is 0.865. The zero-order valence-corrected chi connectivity index (χ0v) is 14.9. The van der Waals surface area contributed by atoms with Crippen LogP contribution < -0.4 is 5.32 Å². The molecular weight excluding hydrogens is 246 g/mol. The molecule has 1 saturated carbocycles. The average molecular weight is 284 g/mol. The molecule has 3 heteroatoms. The van der Waals surface area contributed by atoms with E-state index in [4.69, 9.17) is 0 Å². The van der Waals surface area contributed by atoms with Crippen LogP contribution in [0.1, 0.15) is 46.5 Å². The van der Waals surface area contributed by atoms with E-state index < -0.39 is 0 Å². The summed E-state index contributed by atoms with van der Waals surface area (Å²) in [6, 6.07) is 1.34. The first-order valence-electron chi connectivity index (χ1n) is 8.34. The van der Waals surface area contributed by atoms with Crippen molar-refractivity contribution in [2.24, 2.45) is 11.3 Å². The van der Waals surface area contributed by atoms with Crippen molar-refractivity contribution in [1.29, 1.82) is 0 Å². The van der Waals surface area contributed by atoms with Crippen molar-refractivity contribution in [2.45, 2.75) is 58.5 Å². The van der Waals surface area contributed by atoms with Crippen LogP contribution in [0, 0.1) is 11.3 Å². The molecule has 0 aromatic rings. The van der Waals surface area contributed by atoms with Gasteiger partial charge in [0.1, 0.15) is 0 Å². The highest BCUT2D eigenvalue weighted by Gasteiger charge is 2.38. The van der Waals surface area contributed by atoms with Gasteiger partial charge in [0.15, 0.2) is 0 Å². The first-order valence-corrected chi connectivity index (χ1v) is 8.34. The number of likely N-dealkylation sites (N-methyl/N-ethyl adjacent to an activating group) is 3. The van der Waals surface area contributed by atoms with Crippen LogP contribution >= 0.6 is 0 Å². The van der Waals surface area contributed by atoms with Crippen molar-refractivity contribution < 1.29 is 0 Å². The largest absolute Gasteiger partial charge is 0.315 e. The maximum Gasteiger partial charge on any atom is 0.0249 e. The lowest BCUT2D eigenvalue weighted by molar-refractivity contribution is 0.0618. The molecule has 3 unspecified atom stereocenters. The average Bonchev–Trinajstić information content (AvgIpc) is 2.43. The summed E-state index contributed by atoms with van der Waals surface area (Å²) >= 11 is 0. The van der Waals surface area contributed by atoms with Crippen molar-refractivity contribution in [2.75, 3.05) is 41.3 Å². The van der Waals surface area contributed by atoms with E-state index in [0.29, 0.717) is 17.5 Å². The predicted octanol–water partition coefficient (Wildman–Crippen LogP) is 2.67. The number of hydrogen-bond donors (Lipinski definition) is 1. The minimum Gasteiger partial charge on any atom is -0.315 e. The molecule has 3 nitrogen and oxygen atoms in total. The van der Waals surface area contributed by atoms with E-state index in [9.17, 15) is 0 Å². The normalized spacial score (nSPS) is 28.4. The Morgan fingerprint density at radius 2 is 1.75 bits per heavy atom. The Balaban J connectivity index is 2.68. The van der Waals surface area contributed by atoms with Crippen LogP contribution in [0.3, 0.4) is 0 Å². The summed E-state index contributed by atoms with van der Waals surface area (Å²) in [5.41, 5.74) is 0.485. The molecule has 0 spiro atoms. The van der Waals surface area contributed by atoms with Crippen LogP contribution in [-0.2, 0) is 0 Å². The van der Waals surface area contributed by atoms with Gasteiger partial charge in [0, 0.05) is 25.2 Å². The minimum absolute atomic E-state index is 0.485. The molecule has 1 rings (SSSR count). The summed E-state index contributed by atoms with van der Waals surface area (Å²) in [7, 11) is 8.75. The molecule has 120 valence electrons. The van der Waals surface area contributed by atoms with Crippen molar-refractivity contribution in [3.63, 3.8) is 0 Å². The molecular formula is C17H37N3. The predicted molar refractivity (Wildman–Crippen MR) is 89.2 cm³/mol. The van der Waals surface area contributed by atoms with Crippen LogP contribution in [0.2, 0.25) is 0 Å². The van der Waals surface area contributed by atoms with Gasteiger partial charge in [0.05, 0.1) is 0 Å². The number of hydrogen-bond acceptors (Lipinski definition) is 3. The van der Waals surface area contributed by atoms with Gasteiger partial charge in [-0.05, 0) is 58.8 Å². The monoisotopic (exact) mass is 283 g/mol. The minimum atomic E-state index is 0.485. The lowest BCUT2D eigenvalue weighted by Gasteiger charge is -2.46. The summed E-state index contributed by atoms with van der Waals surface area (Å²) in [6.07, 6.45) is 5.33. The summed E-state index contributed by atoms with van der Waals surface area (Å²) in [5, 5.41) is 3.56. The summed E-state index contributed by atoms with van der Waals surface area (Å²) in [4.78, 5) is 4.86. The molecule has 1 aliphatic rings. The van der Waals surface area contributed by atoms with E-state index in [-0.39, 0.29) is 0 Å². The van der Waals surface area contributed by atoms with Crippen LogP contribution in [0.15, 0.2) is 0 Å². The highest BCUT2D eigenvalue weighted by atomic mass is 15.2. The number of nitrogens with zero attached hydrogens (tertiary/aromatic N) is 2. The Labute approximate surface area is 127 Å². The van der Waals surface area contributed by atoms with Gasteiger partial charge in [0.2, 0.25) is 0 Å². The molecule has 0 amide bonds. The molecule has 0 aromatic heterocycles. The molecule has 0 aromatic carbocycles. The molecule has 20 heavy (non-hydrogen) atoms. The number of nitrogens with one attached hydrogen (secondary N) is 1. The van der Waals surface area contributed by atoms with Gasteiger partial charge in [-0.3, -0.25) is 0 Å². The first-order chi connectivity index (χ1) is 9.31. The van der Waals surface area contributed by atoms with Gasteiger partial charge < -0.3 is 15.1 Å². The molecule has 0 bridgehead atoms. The smallest absolute Gasteiger partial charge is 0.0249 e. The van der Waals surface area contributed by atoms with E-state index in [1.165, 1.54) is 25.7 Å². The van der Waals surface area contributed by atoms with Crippen LogP contribution in [0.25, 0.3) is 0 Å². The number of rotatable bonds is 7. The Bertz CT molecular complexity index is 275. The van der Waals surface area contributed by atoms with Gasteiger partial charge in [-0.2, -0.15) is 0 Å². The van der Waals surface area contributed by atoms with Crippen molar-refractivity contribution >= 4 is 0 Å². The quantitative estimate of drug-likeness (QED) is 0.775. The Morgan fingerprint density at radius 3 is 2.25 bits per heavy atom. The molecule has 3 atom stereocenters. The topological polar surface area (TPSA) is 18.5 Å². The summed E-state index contributed by atoms with van der Waals surface area (Å²) in [6.45, 7) is 9.55. The lowest BCUT2D eigenvalue weighted by atomic mass is 9.67. The van der Waals surface area contributed by atoms with E-state index in [2.05, 4.69) is 64.1 Å². The zero-order valence-electron chi connectivity index (χ0n) is 14.9. The van der Waals surface area contributed by atoms with Crippen molar-refractivity contribution in [1.82, 2.24) is 15.1 Å². The maximum atomic E-state index is 3.56.